The van der Waals surface area contributed by atoms with E-state index in [-0.39, 0.29) is 30.8 Å². The van der Waals surface area contributed by atoms with Gasteiger partial charge in [-0.05, 0) is 42.0 Å². The van der Waals surface area contributed by atoms with Gasteiger partial charge in [-0.3, -0.25) is 14.4 Å². The van der Waals surface area contributed by atoms with Crippen LogP contribution in [0, 0.1) is 23.3 Å². The van der Waals surface area contributed by atoms with Crippen LogP contribution in [0.4, 0.5) is 23.2 Å². The van der Waals surface area contributed by atoms with Gasteiger partial charge in [-0.2, -0.15) is 0 Å². The summed E-state index contributed by atoms with van der Waals surface area (Å²) in [5, 5.41) is 11.0. The molecule has 0 aliphatic carbocycles. The lowest BCUT2D eigenvalue weighted by Crippen LogP contribution is -2.50. The minimum atomic E-state index is -1.17. The SMILES string of the molecule is O=C(C=C(O)c1cc(Cc2c(F)cc(F)cc2F)cn(Cc2ccccc2F)c1=O)C(=O)N1CCN(c2ccc(-n3ccnc3)cc2)CC1. The largest absolute Gasteiger partial charge is 0.507 e. The molecule has 1 N–H and O–H groups in total. The quantitative estimate of drug-likeness (QED) is 0.102. The molecule has 6 rings (SSSR count). The summed E-state index contributed by atoms with van der Waals surface area (Å²) < 4.78 is 59.9. The van der Waals surface area contributed by atoms with Crippen molar-refractivity contribution in [3.8, 4) is 5.69 Å². The second kappa shape index (κ2) is 14.0. The van der Waals surface area contributed by atoms with Crippen molar-refractivity contribution in [1.29, 1.82) is 0 Å². The third-order valence-electron chi connectivity index (χ3n) is 8.27. The Labute approximate surface area is 277 Å². The highest BCUT2D eigenvalue weighted by molar-refractivity contribution is 6.41. The number of hydrogen-bond acceptors (Lipinski definition) is 6. The number of benzene rings is 3. The zero-order valence-corrected chi connectivity index (χ0v) is 25.9. The number of hydrogen-bond donors (Lipinski definition) is 1. The molecule has 49 heavy (non-hydrogen) atoms. The Hall–Kier alpha value is -5.98. The Bertz CT molecular complexity index is 2080. The summed E-state index contributed by atoms with van der Waals surface area (Å²) in [4.78, 5) is 47.0. The van der Waals surface area contributed by atoms with Crippen molar-refractivity contribution in [3.63, 3.8) is 0 Å². The topological polar surface area (TPSA) is 101 Å². The van der Waals surface area contributed by atoms with Crippen LogP contribution in [0.5, 0.6) is 0 Å². The maximum Gasteiger partial charge on any atom is 0.294 e. The molecule has 5 aromatic rings. The van der Waals surface area contributed by atoms with E-state index in [2.05, 4.69) is 9.88 Å². The maximum atomic E-state index is 14.5. The molecule has 0 radical (unpaired) electrons. The second-order valence-electron chi connectivity index (χ2n) is 11.5. The molecule has 0 bridgehead atoms. The molecule has 1 saturated heterocycles. The number of aliphatic hydroxyl groups is 1. The maximum absolute atomic E-state index is 14.5. The second-order valence-corrected chi connectivity index (χ2v) is 11.5. The van der Waals surface area contributed by atoms with E-state index in [9.17, 15) is 37.1 Å². The van der Waals surface area contributed by atoms with Crippen molar-refractivity contribution in [2.45, 2.75) is 13.0 Å². The molecule has 250 valence electrons. The van der Waals surface area contributed by atoms with Crippen molar-refractivity contribution in [2.24, 2.45) is 0 Å². The number of ketones is 1. The predicted octanol–water partition coefficient (Wildman–Crippen LogP) is 5.05. The Balaban J connectivity index is 1.21. The van der Waals surface area contributed by atoms with E-state index in [1.54, 1.807) is 18.6 Å². The van der Waals surface area contributed by atoms with Crippen LogP contribution in [-0.4, -0.2) is 62.0 Å². The van der Waals surface area contributed by atoms with Gasteiger partial charge in [0, 0.05) is 91.9 Å². The number of pyridine rings is 1. The number of aliphatic hydroxyl groups excluding tert-OH is 1. The lowest BCUT2D eigenvalue weighted by molar-refractivity contribution is -0.142. The van der Waals surface area contributed by atoms with Gasteiger partial charge < -0.3 is 24.0 Å². The van der Waals surface area contributed by atoms with Gasteiger partial charge >= 0.3 is 0 Å². The summed E-state index contributed by atoms with van der Waals surface area (Å²) in [5.41, 5.74) is 0.249. The molecule has 0 atom stereocenters. The molecule has 1 amide bonds. The van der Waals surface area contributed by atoms with Crippen molar-refractivity contribution >= 4 is 23.1 Å². The standard InChI is InChI=1S/C36H29F4N5O4/c37-25-17-31(39)28(32(40)18-25)15-23-16-29(35(48)45(20-23)21-24-3-1-2-4-30(24)38)33(46)19-34(47)36(49)43-13-11-42(12-14-43)26-5-7-27(8-6-26)44-10-9-41-22-44/h1-10,16-20,22,46H,11-15,21H2. The van der Waals surface area contributed by atoms with Gasteiger partial charge in [0.15, 0.2) is 0 Å². The smallest absolute Gasteiger partial charge is 0.294 e. The van der Waals surface area contributed by atoms with Crippen molar-refractivity contribution in [1.82, 2.24) is 19.0 Å². The Morgan fingerprint density at radius 1 is 0.857 bits per heavy atom. The molecule has 0 spiro atoms. The average Bonchev–Trinajstić information content (AvgIpc) is 3.64. The van der Waals surface area contributed by atoms with Crippen molar-refractivity contribution in [3.05, 3.63) is 154 Å². The number of aromatic nitrogens is 3. The molecule has 13 heteroatoms. The lowest BCUT2D eigenvalue weighted by atomic mass is 10.0. The number of imidazole rings is 1. The van der Waals surface area contributed by atoms with E-state index in [1.165, 1.54) is 29.3 Å². The summed E-state index contributed by atoms with van der Waals surface area (Å²) in [6, 6.07) is 15.5. The third kappa shape index (κ3) is 7.30. The van der Waals surface area contributed by atoms with Crippen LogP contribution in [0.1, 0.15) is 22.3 Å². The number of halogens is 4. The molecule has 0 unspecified atom stereocenters. The number of carbonyl (C=O) groups is 2. The van der Waals surface area contributed by atoms with Crippen LogP contribution in [0.3, 0.4) is 0 Å². The molecular formula is C36H29F4N5O4. The van der Waals surface area contributed by atoms with Crippen LogP contribution in [0.2, 0.25) is 0 Å². The Morgan fingerprint density at radius 3 is 2.18 bits per heavy atom. The Kier molecular flexibility index (Phi) is 9.42. The van der Waals surface area contributed by atoms with Crippen LogP contribution in [0.25, 0.3) is 11.4 Å². The highest BCUT2D eigenvalue weighted by atomic mass is 19.1. The fourth-order valence-corrected chi connectivity index (χ4v) is 5.69. The van der Waals surface area contributed by atoms with Gasteiger partial charge in [-0.25, -0.2) is 22.5 Å². The number of amides is 1. The molecule has 1 fully saturated rings. The first-order valence-corrected chi connectivity index (χ1v) is 15.2. The van der Waals surface area contributed by atoms with Gasteiger partial charge in [0.2, 0.25) is 5.78 Å². The number of piperazine rings is 1. The molecular weight excluding hydrogens is 642 g/mol. The normalized spacial score (nSPS) is 13.5. The predicted molar refractivity (Wildman–Crippen MR) is 173 cm³/mol. The van der Waals surface area contributed by atoms with Crippen LogP contribution in [-0.2, 0) is 22.6 Å². The van der Waals surface area contributed by atoms with Gasteiger partial charge in [0.05, 0.1) is 18.4 Å². The fraction of sp³-hybridized carbons (Fsp3) is 0.167. The fourth-order valence-electron chi connectivity index (χ4n) is 5.69. The number of anilines is 1. The van der Waals surface area contributed by atoms with Crippen LogP contribution >= 0.6 is 0 Å². The summed E-state index contributed by atoms with van der Waals surface area (Å²) >= 11 is 0. The molecule has 3 aromatic carbocycles. The Morgan fingerprint density at radius 2 is 1.53 bits per heavy atom. The molecule has 1 aliphatic heterocycles. The van der Waals surface area contributed by atoms with Crippen molar-refractivity contribution < 1.29 is 32.3 Å². The summed E-state index contributed by atoms with van der Waals surface area (Å²) in [7, 11) is 0. The number of nitrogens with zero attached hydrogens (tertiary/aromatic N) is 5. The van der Waals surface area contributed by atoms with Gasteiger partial charge in [0.25, 0.3) is 11.5 Å². The van der Waals surface area contributed by atoms with E-state index >= 15 is 0 Å². The average molecular weight is 672 g/mol. The third-order valence-corrected chi connectivity index (χ3v) is 8.27. The van der Waals surface area contributed by atoms with Crippen molar-refractivity contribution in [2.75, 3.05) is 31.1 Å². The molecule has 0 saturated carbocycles. The number of rotatable bonds is 9. The van der Waals surface area contributed by atoms with Gasteiger partial charge in [-0.15, -0.1) is 0 Å². The zero-order valence-electron chi connectivity index (χ0n) is 25.9. The minimum absolute atomic E-state index is 0.0863. The van der Waals surface area contributed by atoms with Crippen LogP contribution in [0.15, 0.2) is 103 Å². The van der Waals surface area contributed by atoms with E-state index in [1.807, 2.05) is 35.0 Å². The highest BCUT2D eigenvalue weighted by Gasteiger charge is 2.26. The highest BCUT2D eigenvalue weighted by Crippen LogP contribution is 2.22. The first-order valence-electron chi connectivity index (χ1n) is 15.2. The first-order chi connectivity index (χ1) is 23.6. The zero-order chi connectivity index (χ0) is 34.7. The van der Waals surface area contributed by atoms with Crippen LogP contribution < -0.4 is 10.5 Å². The van der Waals surface area contributed by atoms with E-state index < -0.39 is 63.8 Å². The summed E-state index contributed by atoms with van der Waals surface area (Å²) in [5.74, 6) is -6.91. The molecule has 9 nitrogen and oxygen atoms in total. The monoisotopic (exact) mass is 671 g/mol. The lowest BCUT2D eigenvalue weighted by Gasteiger charge is -2.35. The van der Waals surface area contributed by atoms with Gasteiger partial charge in [0.1, 0.15) is 29.0 Å². The van der Waals surface area contributed by atoms with Gasteiger partial charge in [-0.1, -0.05) is 18.2 Å². The minimum Gasteiger partial charge on any atom is -0.507 e. The molecule has 3 heterocycles. The van der Waals surface area contributed by atoms with E-state index in [0.717, 1.165) is 22.0 Å². The molecule has 1 aliphatic rings. The van der Waals surface area contributed by atoms with E-state index in [4.69, 9.17) is 0 Å². The molecule has 2 aromatic heterocycles. The summed E-state index contributed by atoms with van der Waals surface area (Å²) in [6.07, 6.45) is 6.58. The van der Waals surface area contributed by atoms with E-state index in [0.29, 0.717) is 31.3 Å². The number of carbonyl (C=O) groups excluding carboxylic acids is 2. The first kappa shape index (κ1) is 32.9. The summed E-state index contributed by atoms with van der Waals surface area (Å²) in [6.45, 7) is 1.01.